The van der Waals surface area contributed by atoms with Crippen LogP contribution in [0.4, 0.5) is 0 Å². The van der Waals surface area contributed by atoms with Crippen molar-refractivity contribution in [2.24, 2.45) is 5.10 Å². The first-order valence-electron chi connectivity index (χ1n) is 10.6. The summed E-state index contributed by atoms with van der Waals surface area (Å²) in [5, 5.41) is 5.76. The second-order valence-electron chi connectivity index (χ2n) is 7.59. The van der Waals surface area contributed by atoms with Crippen molar-refractivity contribution in [1.29, 1.82) is 0 Å². The number of carbonyl (C=O) groups is 1. The first-order chi connectivity index (χ1) is 16.9. The SMILES string of the molecule is COc1cc(C=Nn2c(-c3cc4ccccc4o3)nc3ccccc3c2=O)cc(Br)c1OC(C)=O. The Balaban J connectivity index is 1.67. The Hall–Kier alpha value is -4.24. The predicted molar refractivity (Wildman–Crippen MR) is 136 cm³/mol. The molecule has 35 heavy (non-hydrogen) atoms. The molecule has 0 spiro atoms. The third-order valence-corrected chi connectivity index (χ3v) is 5.81. The third-order valence-electron chi connectivity index (χ3n) is 5.22. The number of esters is 1. The minimum Gasteiger partial charge on any atom is -0.493 e. The lowest BCUT2D eigenvalue weighted by Gasteiger charge is -2.11. The maximum Gasteiger partial charge on any atom is 0.308 e. The van der Waals surface area contributed by atoms with Crippen molar-refractivity contribution in [2.45, 2.75) is 6.92 Å². The number of carbonyl (C=O) groups excluding carboxylic acids is 1. The fourth-order valence-corrected chi connectivity index (χ4v) is 4.20. The Bertz CT molecular complexity index is 1650. The average molecular weight is 532 g/mol. The van der Waals surface area contributed by atoms with Crippen LogP contribution in [0, 0.1) is 0 Å². The van der Waals surface area contributed by atoms with Gasteiger partial charge >= 0.3 is 5.97 Å². The first kappa shape index (κ1) is 22.5. The van der Waals surface area contributed by atoms with Crippen LogP contribution < -0.4 is 15.0 Å². The highest BCUT2D eigenvalue weighted by atomic mass is 79.9. The maximum absolute atomic E-state index is 13.4. The molecule has 174 valence electrons. The monoisotopic (exact) mass is 531 g/mol. The number of fused-ring (bicyclic) bond motifs is 2. The molecule has 0 N–H and O–H groups in total. The van der Waals surface area contributed by atoms with Crippen LogP contribution in [0.15, 0.2) is 85.5 Å². The van der Waals surface area contributed by atoms with E-state index in [1.165, 1.54) is 24.9 Å². The van der Waals surface area contributed by atoms with E-state index in [9.17, 15) is 9.59 Å². The van der Waals surface area contributed by atoms with Crippen LogP contribution in [0.25, 0.3) is 33.5 Å². The maximum atomic E-state index is 13.4. The fourth-order valence-electron chi connectivity index (χ4n) is 3.66. The molecule has 5 rings (SSSR count). The summed E-state index contributed by atoms with van der Waals surface area (Å²) < 4.78 is 18.3. The van der Waals surface area contributed by atoms with Gasteiger partial charge < -0.3 is 13.9 Å². The number of benzene rings is 3. The topological polar surface area (TPSA) is 95.9 Å². The van der Waals surface area contributed by atoms with Crippen LogP contribution in [0.2, 0.25) is 0 Å². The van der Waals surface area contributed by atoms with Crippen molar-refractivity contribution in [3.05, 3.63) is 87.1 Å². The van der Waals surface area contributed by atoms with Crippen LogP contribution in [0.1, 0.15) is 12.5 Å². The number of rotatable bonds is 5. The molecule has 0 fully saturated rings. The molecular weight excluding hydrogens is 514 g/mol. The number of hydrogen-bond acceptors (Lipinski definition) is 7. The van der Waals surface area contributed by atoms with E-state index in [1.807, 2.05) is 36.4 Å². The molecule has 0 unspecified atom stereocenters. The number of furan rings is 1. The Morgan fingerprint density at radius 3 is 2.66 bits per heavy atom. The van der Waals surface area contributed by atoms with E-state index in [0.29, 0.717) is 38.0 Å². The Labute approximate surface area is 207 Å². The van der Waals surface area contributed by atoms with Gasteiger partial charge in [-0.25, -0.2) is 4.98 Å². The van der Waals surface area contributed by atoms with E-state index in [-0.39, 0.29) is 17.1 Å². The highest BCUT2D eigenvalue weighted by Crippen LogP contribution is 2.36. The van der Waals surface area contributed by atoms with Crippen LogP contribution in [-0.2, 0) is 4.79 Å². The third kappa shape index (κ3) is 4.33. The van der Waals surface area contributed by atoms with Gasteiger partial charge in [0.25, 0.3) is 5.56 Å². The molecule has 0 aliphatic heterocycles. The average Bonchev–Trinajstić information content (AvgIpc) is 3.28. The summed E-state index contributed by atoms with van der Waals surface area (Å²) in [6.07, 6.45) is 1.49. The van der Waals surface area contributed by atoms with Crippen molar-refractivity contribution in [3.63, 3.8) is 0 Å². The molecule has 0 aliphatic carbocycles. The highest BCUT2D eigenvalue weighted by Gasteiger charge is 2.17. The van der Waals surface area contributed by atoms with Crippen LogP contribution in [-0.4, -0.2) is 29.0 Å². The summed E-state index contributed by atoms with van der Waals surface area (Å²) >= 11 is 3.40. The molecule has 0 radical (unpaired) electrons. The molecule has 0 saturated heterocycles. The quantitative estimate of drug-likeness (QED) is 0.171. The summed E-state index contributed by atoms with van der Waals surface area (Å²) in [5.74, 6) is 0.788. The summed E-state index contributed by atoms with van der Waals surface area (Å²) in [5.41, 5.74) is 1.47. The number of aromatic nitrogens is 2. The van der Waals surface area contributed by atoms with Crippen molar-refractivity contribution in [3.8, 4) is 23.1 Å². The number of para-hydroxylation sites is 2. The zero-order valence-electron chi connectivity index (χ0n) is 18.7. The largest absolute Gasteiger partial charge is 0.493 e. The Morgan fingerprint density at radius 1 is 1.11 bits per heavy atom. The molecule has 3 aromatic carbocycles. The number of halogens is 1. The normalized spacial score (nSPS) is 11.4. The van der Waals surface area contributed by atoms with Crippen molar-refractivity contribution in [1.82, 2.24) is 9.66 Å². The summed E-state index contributed by atoms with van der Waals surface area (Å²) in [4.78, 5) is 29.5. The highest BCUT2D eigenvalue weighted by molar-refractivity contribution is 9.10. The second kappa shape index (κ2) is 9.19. The van der Waals surface area contributed by atoms with Gasteiger partial charge in [-0.3, -0.25) is 9.59 Å². The number of nitrogens with zero attached hydrogens (tertiary/aromatic N) is 3. The fraction of sp³-hybridized carbons (Fsp3) is 0.0769. The molecule has 9 heteroatoms. The zero-order valence-corrected chi connectivity index (χ0v) is 20.3. The molecule has 8 nitrogen and oxygen atoms in total. The Morgan fingerprint density at radius 2 is 1.89 bits per heavy atom. The first-order valence-corrected chi connectivity index (χ1v) is 11.3. The van der Waals surface area contributed by atoms with Crippen molar-refractivity contribution >= 4 is 50.0 Å². The molecule has 0 atom stereocenters. The predicted octanol–water partition coefficient (Wildman–Crippen LogP) is 5.39. The van der Waals surface area contributed by atoms with Crippen molar-refractivity contribution < 1.29 is 18.7 Å². The molecule has 5 aromatic rings. The van der Waals surface area contributed by atoms with E-state index in [1.54, 1.807) is 30.3 Å². The summed E-state index contributed by atoms with van der Waals surface area (Å²) in [7, 11) is 1.47. The summed E-state index contributed by atoms with van der Waals surface area (Å²) in [6, 6.07) is 19.8. The molecule has 2 aromatic heterocycles. The lowest BCUT2D eigenvalue weighted by molar-refractivity contribution is -0.132. The van der Waals surface area contributed by atoms with Crippen LogP contribution in [0.3, 0.4) is 0 Å². The Kier molecular flexibility index (Phi) is 5.92. The van der Waals surface area contributed by atoms with Crippen LogP contribution in [0.5, 0.6) is 11.5 Å². The van der Waals surface area contributed by atoms with Gasteiger partial charge in [-0.05, 0) is 57.9 Å². The van der Waals surface area contributed by atoms with E-state index in [0.717, 1.165) is 5.39 Å². The minimum absolute atomic E-state index is 0.254. The van der Waals surface area contributed by atoms with E-state index in [4.69, 9.17) is 13.9 Å². The molecule has 2 heterocycles. The van der Waals surface area contributed by atoms with Gasteiger partial charge in [0.2, 0.25) is 5.82 Å². The standard InChI is InChI=1S/C26H18BrN3O5/c1-15(31)34-24-19(27)11-16(12-22(24)33-2)14-28-30-25(23-13-17-7-3-6-10-21(17)35-23)29-20-9-5-4-8-18(20)26(30)32/h3-14H,1-2H3. The smallest absolute Gasteiger partial charge is 0.308 e. The molecule has 0 bridgehead atoms. The number of methoxy groups -OCH3 is 1. The molecule has 0 amide bonds. The van der Waals surface area contributed by atoms with Gasteiger partial charge in [0.15, 0.2) is 17.3 Å². The number of ether oxygens (including phenoxy) is 2. The van der Waals surface area contributed by atoms with Gasteiger partial charge in [-0.2, -0.15) is 9.78 Å². The van der Waals surface area contributed by atoms with Gasteiger partial charge in [-0.15, -0.1) is 0 Å². The second-order valence-corrected chi connectivity index (χ2v) is 8.44. The van der Waals surface area contributed by atoms with Gasteiger partial charge in [-0.1, -0.05) is 30.3 Å². The lowest BCUT2D eigenvalue weighted by Crippen LogP contribution is -2.20. The van der Waals surface area contributed by atoms with Crippen molar-refractivity contribution in [2.75, 3.05) is 7.11 Å². The van der Waals surface area contributed by atoms with Crippen LogP contribution >= 0.6 is 15.9 Å². The number of hydrogen-bond donors (Lipinski definition) is 0. The van der Waals surface area contributed by atoms with Gasteiger partial charge in [0, 0.05) is 12.3 Å². The minimum atomic E-state index is -0.477. The van der Waals surface area contributed by atoms with E-state index >= 15 is 0 Å². The van der Waals surface area contributed by atoms with Gasteiger partial charge in [0.05, 0.1) is 28.7 Å². The summed E-state index contributed by atoms with van der Waals surface area (Å²) in [6.45, 7) is 1.31. The molecule has 0 aliphatic rings. The molecule has 0 saturated carbocycles. The van der Waals surface area contributed by atoms with Gasteiger partial charge in [0.1, 0.15) is 5.58 Å². The van der Waals surface area contributed by atoms with E-state index < -0.39 is 5.97 Å². The van der Waals surface area contributed by atoms with E-state index in [2.05, 4.69) is 26.0 Å². The zero-order chi connectivity index (χ0) is 24.5. The lowest BCUT2D eigenvalue weighted by atomic mass is 10.2. The molecular formula is C26H18BrN3O5.